The van der Waals surface area contributed by atoms with E-state index in [2.05, 4.69) is 20.9 Å². The highest BCUT2D eigenvalue weighted by Gasteiger charge is 2.06. The molecule has 78 valence electrons. The van der Waals surface area contributed by atoms with Crippen LogP contribution in [0.25, 0.3) is 10.9 Å². The first-order chi connectivity index (χ1) is 7.13. The Morgan fingerprint density at radius 1 is 1.40 bits per heavy atom. The van der Waals surface area contributed by atoms with Gasteiger partial charge in [-0.05, 0) is 40.9 Å². The van der Waals surface area contributed by atoms with E-state index >= 15 is 0 Å². The van der Waals surface area contributed by atoms with Crippen LogP contribution < -0.4 is 5.43 Å². The highest BCUT2D eigenvalue weighted by Crippen LogP contribution is 2.24. The Morgan fingerprint density at radius 3 is 2.80 bits per heavy atom. The van der Waals surface area contributed by atoms with Gasteiger partial charge in [0.25, 0.3) is 0 Å². The molecule has 3 heteroatoms. The summed E-state index contributed by atoms with van der Waals surface area (Å²) in [6, 6.07) is 5.49. The summed E-state index contributed by atoms with van der Waals surface area (Å²) < 4.78 is 0.979. The molecule has 0 spiro atoms. The summed E-state index contributed by atoms with van der Waals surface area (Å²) in [4.78, 5) is 15.1. The Balaban J connectivity index is 2.93. The molecule has 2 nitrogen and oxygen atoms in total. The summed E-state index contributed by atoms with van der Waals surface area (Å²) in [5, 5.41) is 0.740. The fourth-order valence-corrected chi connectivity index (χ4v) is 2.08. The first-order valence-electron chi connectivity index (χ1n) is 4.94. The third-order valence-corrected chi connectivity index (χ3v) is 3.59. The van der Waals surface area contributed by atoms with E-state index in [4.69, 9.17) is 0 Å². The van der Waals surface area contributed by atoms with Gasteiger partial charge < -0.3 is 4.98 Å². The lowest BCUT2D eigenvalue weighted by atomic mass is 10.1. The number of H-pyrrole nitrogens is 1. The van der Waals surface area contributed by atoms with Gasteiger partial charge in [-0.1, -0.05) is 13.0 Å². The summed E-state index contributed by atoms with van der Waals surface area (Å²) in [6.07, 6.45) is 0.839. The van der Waals surface area contributed by atoms with Gasteiger partial charge in [0.15, 0.2) is 5.43 Å². The molecule has 0 saturated heterocycles. The van der Waals surface area contributed by atoms with Crippen molar-refractivity contribution in [3.8, 4) is 0 Å². The first kappa shape index (κ1) is 10.4. The van der Waals surface area contributed by atoms with Gasteiger partial charge in [0.05, 0.1) is 5.52 Å². The van der Waals surface area contributed by atoms with Crippen molar-refractivity contribution in [2.24, 2.45) is 0 Å². The van der Waals surface area contributed by atoms with Gasteiger partial charge in [0.1, 0.15) is 0 Å². The third-order valence-electron chi connectivity index (χ3n) is 2.57. The number of hydrogen-bond acceptors (Lipinski definition) is 1. The van der Waals surface area contributed by atoms with Gasteiger partial charge in [-0.2, -0.15) is 0 Å². The smallest absolute Gasteiger partial charge is 0.189 e. The zero-order valence-corrected chi connectivity index (χ0v) is 10.3. The van der Waals surface area contributed by atoms with E-state index in [0.29, 0.717) is 0 Å². The number of pyridine rings is 1. The van der Waals surface area contributed by atoms with Crippen molar-refractivity contribution >= 4 is 26.8 Å². The van der Waals surface area contributed by atoms with E-state index in [1.807, 2.05) is 26.0 Å². The second-order valence-electron chi connectivity index (χ2n) is 3.63. The van der Waals surface area contributed by atoms with Crippen LogP contribution in [-0.4, -0.2) is 4.98 Å². The molecule has 2 aromatic rings. The molecule has 0 fully saturated rings. The molecule has 0 bridgehead atoms. The number of nitrogens with one attached hydrogen (secondary N) is 1. The van der Waals surface area contributed by atoms with Crippen molar-refractivity contribution in [3.63, 3.8) is 0 Å². The Labute approximate surface area is 96.5 Å². The van der Waals surface area contributed by atoms with E-state index in [9.17, 15) is 4.79 Å². The number of rotatable bonds is 1. The van der Waals surface area contributed by atoms with E-state index in [-0.39, 0.29) is 5.43 Å². The number of benzene rings is 1. The van der Waals surface area contributed by atoms with Crippen molar-refractivity contribution in [2.75, 3.05) is 0 Å². The van der Waals surface area contributed by atoms with Gasteiger partial charge in [-0.25, -0.2) is 0 Å². The van der Waals surface area contributed by atoms with Crippen molar-refractivity contribution in [1.29, 1.82) is 0 Å². The minimum absolute atomic E-state index is 0.0845. The van der Waals surface area contributed by atoms with Crippen molar-refractivity contribution in [1.82, 2.24) is 4.98 Å². The predicted molar refractivity (Wildman–Crippen MR) is 66.4 cm³/mol. The first-order valence-corrected chi connectivity index (χ1v) is 5.73. The van der Waals surface area contributed by atoms with Crippen LogP contribution in [-0.2, 0) is 6.42 Å². The summed E-state index contributed by atoms with van der Waals surface area (Å²) in [6.45, 7) is 4.04. The molecule has 1 heterocycles. The molecule has 0 aliphatic rings. The standard InChI is InChI=1S/C12H12BrNO/c1-3-8-6-10(15)9-5-4-7(2)11(13)12(9)14-8/h4-6H,3H2,1-2H3,(H,14,15). The molecule has 1 aromatic heterocycles. The van der Waals surface area contributed by atoms with E-state index in [1.54, 1.807) is 6.07 Å². The van der Waals surface area contributed by atoms with Gasteiger partial charge in [0.2, 0.25) is 0 Å². The van der Waals surface area contributed by atoms with Crippen molar-refractivity contribution in [3.05, 3.63) is 44.2 Å². The summed E-state index contributed by atoms with van der Waals surface area (Å²) in [7, 11) is 0. The number of fused-ring (bicyclic) bond motifs is 1. The van der Waals surface area contributed by atoms with Crippen LogP contribution in [0.15, 0.2) is 27.5 Å². The maximum Gasteiger partial charge on any atom is 0.189 e. The summed E-state index contributed by atoms with van der Waals surface area (Å²) in [5.41, 5.74) is 3.09. The molecule has 0 saturated carbocycles. The highest BCUT2D eigenvalue weighted by atomic mass is 79.9. The molecule has 1 N–H and O–H groups in total. The fraction of sp³-hybridized carbons (Fsp3) is 0.250. The molecule has 0 aliphatic carbocycles. The van der Waals surface area contributed by atoms with E-state index in [0.717, 1.165) is 33.1 Å². The van der Waals surface area contributed by atoms with Crippen molar-refractivity contribution < 1.29 is 0 Å². The van der Waals surface area contributed by atoms with Crippen LogP contribution in [0.2, 0.25) is 0 Å². The van der Waals surface area contributed by atoms with Crippen LogP contribution >= 0.6 is 15.9 Å². The lowest BCUT2D eigenvalue weighted by Crippen LogP contribution is -2.05. The van der Waals surface area contributed by atoms with Crippen molar-refractivity contribution in [2.45, 2.75) is 20.3 Å². The van der Waals surface area contributed by atoms with Gasteiger partial charge >= 0.3 is 0 Å². The Hall–Kier alpha value is -1.09. The van der Waals surface area contributed by atoms with Crippen LogP contribution in [0.1, 0.15) is 18.2 Å². The van der Waals surface area contributed by atoms with Crippen LogP contribution in [0.5, 0.6) is 0 Å². The monoisotopic (exact) mass is 265 g/mol. The van der Waals surface area contributed by atoms with E-state index < -0.39 is 0 Å². The van der Waals surface area contributed by atoms with Gasteiger partial charge in [-0.15, -0.1) is 0 Å². The van der Waals surface area contributed by atoms with E-state index in [1.165, 1.54) is 0 Å². The van der Waals surface area contributed by atoms with Gasteiger partial charge in [-0.3, -0.25) is 4.79 Å². The zero-order chi connectivity index (χ0) is 11.0. The Kier molecular flexibility index (Phi) is 2.65. The minimum Gasteiger partial charge on any atom is -0.357 e. The number of hydrogen-bond donors (Lipinski definition) is 1. The zero-order valence-electron chi connectivity index (χ0n) is 8.73. The predicted octanol–water partition coefficient (Wildman–Crippen LogP) is 3.16. The molecule has 0 radical (unpaired) electrons. The number of halogens is 1. The normalized spacial score (nSPS) is 10.9. The topological polar surface area (TPSA) is 32.9 Å². The van der Waals surface area contributed by atoms with Crippen LogP contribution in [0, 0.1) is 6.92 Å². The summed E-state index contributed by atoms with van der Waals surface area (Å²) in [5.74, 6) is 0. The molecule has 1 aromatic carbocycles. The van der Waals surface area contributed by atoms with Gasteiger partial charge in [0, 0.05) is 21.6 Å². The molecule has 0 unspecified atom stereocenters. The number of aryl methyl sites for hydroxylation is 2. The maximum absolute atomic E-state index is 11.8. The molecule has 0 atom stereocenters. The molecular weight excluding hydrogens is 254 g/mol. The minimum atomic E-state index is 0.0845. The third kappa shape index (κ3) is 1.72. The average Bonchev–Trinajstić information content (AvgIpc) is 2.23. The Bertz CT molecular complexity index is 572. The highest BCUT2D eigenvalue weighted by molar-refractivity contribution is 9.10. The molecule has 0 aliphatic heterocycles. The van der Waals surface area contributed by atoms with Crippen LogP contribution in [0.4, 0.5) is 0 Å². The molecule has 2 rings (SSSR count). The second kappa shape index (κ2) is 3.81. The fourth-order valence-electron chi connectivity index (χ4n) is 1.63. The second-order valence-corrected chi connectivity index (χ2v) is 4.42. The van der Waals surface area contributed by atoms with Crippen LogP contribution in [0.3, 0.4) is 0 Å². The molecule has 15 heavy (non-hydrogen) atoms. The number of aromatic nitrogens is 1. The SMILES string of the molecule is CCc1cc(=O)c2ccc(C)c(Br)c2[nH]1. The molecule has 0 amide bonds. The summed E-state index contributed by atoms with van der Waals surface area (Å²) >= 11 is 3.51. The quantitative estimate of drug-likeness (QED) is 0.844. The molecular formula is C12H12BrNO. The average molecular weight is 266 g/mol. The largest absolute Gasteiger partial charge is 0.357 e. The lowest BCUT2D eigenvalue weighted by Gasteiger charge is -2.06. The lowest BCUT2D eigenvalue weighted by molar-refractivity contribution is 1.05. The number of aromatic amines is 1. The Morgan fingerprint density at radius 2 is 2.13 bits per heavy atom. The maximum atomic E-state index is 11.8.